The van der Waals surface area contributed by atoms with Gasteiger partial charge in [0, 0.05) is 28.7 Å². The number of halogens is 2. The van der Waals surface area contributed by atoms with Gasteiger partial charge < -0.3 is 9.31 Å². The average molecular weight is 273 g/mol. The molecule has 0 aromatic heterocycles. The lowest BCUT2D eigenvalue weighted by Gasteiger charge is -2.22. The summed E-state index contributed by atoms with van der Waals surface area (Å²) in [5.41, 5.74) is 1.91. The van der Waals surface area contributed by atoms with Crippen LogP contribution in [0.1, 0.15) is 25.3 Å². The van der Waals surface area contributed by atoms with Crippen molar-refractivity contribution in [3.8, 4) is 0 Å². The lowest BCUT2D eigenvalue weighted by molar-refractivity contribution is 0.143. The third kappa shape index (κ3) is 3.17. The van der Waals surface area contributed by atoms with Crippen LogP contribution in [0, 0.1) is 0 Å². The third-order valence-electron chi connectivity index (χ3n) is 2.74. The molecule has 0 amide bonds. The van der Waals surface area contributed by atoms with Crippen molar-refractivity contribution in [3.63, 3.8) is 0 Å². The van der Waals surface area contributed by atoms with Gasteiger partial charge >= 0.3 is 7.12 Å². The summed E-state index contributed by atoms with van der Waals surface area (Å²) >= 11 is 12.5. The van der Waals surface area contributed by atoms with Gasteiger partial charge in [-0.05, 0) is 30.5 Å². The fourth-order valence-corrected chi connectivity index (χ4v) is 2.66. The smallest absolute Gasteiger partial charge is 0.407 e. The van der Waals surface area contributed by atoms with Crippen LogP contribution in [-0.4, -0.2) is 20.3 Å². The summed E-state index contributed by atoms with van der Waals surface area (Å²) in [5.74, 6) is 0. The molecular weight excluding hydrogens is 258 g/mol. The van der Waals surface area contributed by atoms with Crippen LogP contribution >= 0.6 is 23.2 Å². The molecule has 1 aliphatic heterocycles. The molecule has 0 bridgehead atoms. The molecule has 0 N–H and O–H groups in total. The predicted octanol–water partition coefficient (Wildman–Crippen LogP) is 3.08. The van der Waals surface area contributed by atoms with E-state index in [2.05, 4.69) is 6.92 Å². The molecule has 0 atom stereocenters. The quantitative estimate of drug-likeness (QED) is 0.788. The molecule has 0 saturated carbocycles. The second-order valence-electron chi connectivity index (χ2n) is 4.15. The number of aryl methyl sites for hydroxylation is 1. The summed E-state index contributed by atoms with van der Waals surface area (Å²) in [6.07, 6.45) is 2.97. The molecule has 0 unspecified atom stereocenters. The Bertz CT molecular complexity index is 369. The highest BCUT2D eigenvalue weighted by molar-refractivity contribution is 6.68. The number of hydrogen-bond donors (Lipinski definition) is 0. The second-order valence-corrected chi connectivity index (χ2v) is 4.96. The van der Waals surface area contributed by atoms with Crippen molar-refractivity contribution in [2.24, 2.45) is 0 Å². The molecule has 1 heterocycles. The van der Waals surface area contributed by atoms with E-state index in [0.717, 1.165) is 30.3 Å². The van der Waals surface area contributed by atoms with E-state index in [1.165, 1.54) is 0 Å². The Labute approximate surface area is 112 Å². The normalized spacial score (nSPS) is 16.3. The Morgan fingerprint density at radius 3 is 2.29 bits per heavy atom. The Morgan fingerprint density at radius 1 is 1.18 bits per heavy atom. The summed E-state index contributed by atoms with van der Waals surface area (Å²) in [4.78, 5) is 0. The maximum Gasteiger partial charge on any atom is 0.496 e. The van der Waals surface area contributed by atoms with Crippen LogP contribution < -0.4 is 5.46 Å². The molecule has 0 radical (unpaired) electrons. The maximum atomic E-state index is 6.26. The van der Waals surface area contributed by atoms with Gasteiger partial charge in [-0.2, -0.15) is 0 Å². The molecule has 92 valence electrons. The van der Waals surface area contributed by atoms with Crippen molar-refractivity contribution < 1.29 is 9.31 Å². The summed E-state index contributed by atoms with van der Waals surface area (Å²) in [6.45, 7) is 3.51. The van der Waals surface area contributed by atoms with Gasteiger partial charge in [0.2, 0.25) is 0 Å². The lowest BCUT2D eigenvalue weighted by Crippen LogP contribution is -2.42. The second kappa shape index (κ2) is 6.10. The average Bonchev–Trinajstić information content (AvgIpc) is 2.30. The van der Waals surface area contributed by atoms with Gasteiger partial charge in [0.05, 0.1) is 0 Å². The summed E-state index contributed by atoms with van der Waals surface area (Å²) in [6, 6.07) is 3.90. The maximum absolute atomic E-state index is 6.26. The zero-order valence-corrected chi connectivity index (χ0v) is 11.4. The molecule has 5 heteroatoms. The van der Waals surface area contributed by atoms with Gasteiger partial charge in [-0.15, -0.1) is 0 Å². The first-order valence-electron chi connectivity index (χ1n) is 5.93. The fraction of sp³-hybridized carbons (Fsp3) is 0.500. The van der Waals surface area contributed by atoms with Crippen LogP contribution in [-0.2, 0) is 15.7 Å². The first-order chi connectivity index (χ1) is 8.22. The van der Waals surface area contributed by atoms with Crippen molar-refractivity contribution >= 4 is 35.8 Å². The first-order valence-corrected chi connectivity index (χ1v) is 6.69. The molecule has 0 spiro atoms. The van der Waals surface area contributed by atoms with Gasteiger partial charge in [0.1, 0.15) is 0 Å². The minimum Gasteiger partial charge on any atom is -0.407 e. The minimum atomic E-state index is -0.417. The van der Waals surface area contributed by atoms with Crippen molar-refractivity contribution in [1.82, 2.24) is 0 Å². The molecule has 1 fully saturated rings. The third-order valence-corrected chi connectivity index (χ3v) is 3.37. The highest BCUT2D eigenvalue weighted by atomic mass is 35.5. The van der Waals surface area contributed by atoms with Gasteiger partial charge in [-0.1, -0.05) is 36.5 Å². The summed E-state index contributed by atoms with van der Waals surface area (Å²) in [5, 5.41) is 1.26. The van der Waals surface area contributed by atoms with Crippen LogP contribution in [0.2, 0.25) is 10.0 Å². The molecule has 2 rings (SSSR count). The lowest BCUT2D eigenvalue weighted by atomic mass is 9.77. The van der Waals surface area contributed by atoms with E-state index in [0.29, 0.717) is 23.3 Å². The van der Waals surface area contributed by atoms with Crippen molar-refractivity contribution in [1.29, 1.82) is 0 Å². The molecule has 1 aromatic carbocycles. The van der Waals surface area contributed by atoms with Crippen molar-refractivity contribution in [2.45, 2.75) is 26.2 Å². The Hall–Kier alpha value is -0.215. The minimum absolute atomic E-state index is 0.417. The predicted molar refractivity (Wildman–Crippen MR) is 72.4 cm³/mol. The molecule has 2 nitrogen and oxygen atoms in total. The first kappa shape index (κ1) is 13.2. The molecule has 1 aromatic rings. The van der Waals surface area contributed by atoms with Crippen LogP contribution in [0.3, 0.4) is 0 Å². The SMILES string of the molecule is CCCc1cc(Cl)c(B2OCCCO2)c(Cl)c1. The Balaban J connectivity index is 2.27. The van der Waals surface area contributed by atoms with Crippen molar-refractivity contribution in [3.05, 3.63) is 27.7 Å². The molecule has 0 aliphatic carbocycles. The summed E-state index contributed by atoms with van der Waals surface area (Å²) in [7, 11) is -0.417. The molecular formula is C12H15BCl2O2. The van der Waals surface area contributed by atoms with E-state index in [1.807, 2.05) is 12.1 Å². The molecule has 1 saturated heterocycles. The van der Waals surface area contributed by atoms with Gasteiger partial charge in [-0.25, -0.2) is 0 Å². The topological polar surface area (TPSA) is 18.5 Å². The number of hydrogen-bond acceptors (Lipinski definition) is 2. The fourth-order valence-electron chi connectivity index (χ4n) is 1.95. The van der Waals surface area contributed by atoms with Gasteiger partial charge in [0.25, 0.3) is 0 Å². The van der Waals surface area contributed by atoms with Gasteiger partial charge in [0.15, 0.2) is 0 Å². The molecule has 17 heavy (non-hydrogen) atoms. The van der Waals surface area contributed by atoms with Crippen molar-refractivity contribution in [2.75, 3.05) is 13.2 Å². The highest BCUT2D eigenvalue weighted by Gasteiger charge is 2.29. The van der Waals surface area contributed by atoms with E-state index in [1.54, 1.807) is 0 Å². The number of benzene rings is 1. The Kier molecular flexibility index (Phi) is 4.74. The van der Waals surface area contributed by atoms with Crippen LogP contribution in [0.25, 0.3) is 0 Å². The van der Waals surface area contributed by atoms with E-state index >= 15 is 0 Å². The highest BCUT2D eigenvalue weighted by Crippen LogP contribution is 2.20. The van der Waals surface area contributed by atoms with Crippen LogP contribution in [0.15, 0.2) is 12.1 Å². The monoisotopic (exact) mass is 272 g/mol. The van der Waals surface area contributed by atoms with Crippen LogP contribution in [0.5, 0.6) is 0 Å². The molecule has 1 aliphatic rings. The van der Waals surface area contributed by atoms with E-state index in [9.17, 15) is 0 Å². The zero-order valence-electron chi connectivity index (χ0n) is 9.84. The van der Waals surface area contributed by atoms with Crippen LogP contribution in [0.4, 0.5) is 0 Å². The largest absolute Gasteiger partial charge is 0.496 e. The standard InChI is InChI=1S/C12H15BCl2O2/c1-2-4-9-7-10(14)12(11(15)8-9)13-16-5-3-6-17-13/h7-8H,2-6H2,1H3. The Morgan fingerprint density at radius 2 is 1.76 bits per heavy atom. The van der Waals surface area contributed by atoms with E-state index < -0.39 is 7.12 Å². The zero-order chi connectivity index (χ0) is 12.3. The number of rotatable bonds is 3. The summed E-state index contributed by atoms with van der Waals surface area (Å²) < 4.78 is 11.1. The van der Waals surface area contributed by atoms with E-state index in [-0.39, 0.29) is 0 Å². The van der Waals surface area contributed by atoms with Gasteiger partial charge in [-0.3, -0.25) is 0 Å². The van der Waals surface area contributed by atoms with E-state index in [4.69, 9.17) is 32.5 Å².